The number of nitrogens with one attached hydrogen (secondary N) is 1. The number of hydrogen-bond donors (Lipinski definition) is 1. The van der Waals surface area contributed by atoms with Gasteiger partial charge in [-0.3, -0.25) is 9.78 Å². The van der Waals surface area contributed by atoms with Gasteiger partial charge in [0.15, 0.2) is 0 Å². The van der Waals surface area contributed by atoms with Crippen LogP contribution in [0.5, 0.6) is 0 Å². The molecule has 0 saturated heterocycles. The van der Waals surface area contributed by atoms with Gasteiger partial charge in [-0.2, -0.15) is 0 Å². The Morgan fingerprint density at radius 1 is 0.848 bits per heavy atom. The largest absolute Gasteiger partial charge is 0.348 e. The zero-order chi connectivity index (χ0) is 22.6. The van der Waals surface area contributed by atoms with E-state index in [0.29, 0.717) is 18.7 Å². The standard InChI is InChI=1S/C28H24N4O/c1-20-27(31-19-30-20)18-32(28(33)25-15-24-9-5-6-10-26(24)29-16-25)17-21-11-13-23(14-12-21)22-7-3-2-4-8-22/h2-16,19H,17-18H2,1H3,(H,30,31). The van der Waals surface area contributed by atoms with Crippen molar-refractivity contribution in [3.63, 3.8) is 0 Å². The average molecular weight is 433 g/mol. The summed E-state index contributed by atoms with van der Waals surface area (Å²) in [4.78, 5) is 27.4. The van der Waals surface area contributed by atoms with Gasteiger partial charge in [0.05, 0.1) is 29.6 Å². The maximum atomic E-state index is 13.6. The zero-order valence-electron chi connectivity index (χ0n) is 18.4. The highest BCUT2D eigenvalue weighted by molar-refractivity contribution is 5.97. The van der Waals surface area contributed by atoms with Gasteiger partial charge in [-0.1, -0.05) is 72.8 Å². The number of H-pyrrole nitrogens is 1. The number of rotatable bonds is 6. The topological polar surface area (TPSA) is 61.9 Å². The summed E-state index contributed by atoms with van der Waals surface area (Å²) in [7, 11) is 0. The number of pyridine rings is 1. The van der Waals surface area contributed by atoms with Crippen LogP contribution in [-0.4, -0.2) is 25.8 Å². The van der Waals surface area contributed by atoms with E-state index in [1.165, 1.54) is 5.56 Å². The minimum atomic E-state index is -0.0669. The van der Waals surface area contributed by atoms with Gasteiger partial charge < -0.3 is 9.88 Å². The molecule has 2 heterocycles. The summed E-state index contributed by atoms with van der Waals surface area (Å²) in [5.41, 5.74) is 6.65. The lowest BCUT2D eigenvalue weighted by Crippen LogP contribution is -2.30. The zero-order valence-corrected chi connectivity index (χ0v) is 18.4. The number of aromatic nitrogens is 3. The van der Waals surface area contributed by atoms with E-state index in [4.69, 9.17) is 0 Å². The molecule has 5 rings (SSSR count). The summed E-state index contributed by atoms with van der Waals surface area (Å²) in [6, 6.07) is 28.4. The fourth-order valence-electron chi connectivity index (χ4n) is 3.95. The lowest BCUT2D eigenvalue weighted by molar-refractivity contribution is 0.0727. The number of aryl methyl sites for hydroxylation is 1. The molecule has 0 fully saturated rings. The monoisotopic (exact) mass is 432 g/mol. The van der Waals surface area contributed by atoms with Crippen LogP contribution in [0, 0.1) is 6.92 Å². The highest BCUT2D eigenvalue weighted by Crippen LogP contribution is 2.22. The lowest BCUT2D eigenvalue weighted by Gasteiger charge is -2.23. The minimum Gasteiger partial charge on any atom is -0.348 e. The Bertz CT molecular complexity index is 1390. The second-order valence-corrected chi connectivity index (χ2v) is 8.12. The van der Waals surface area contributed by atoms with Crippen LogP contribution in [0.25, 0.3) is 22.0 Å². The maximum absolute atomic E-state index is 13.6. The first-order valence-electron chi connectivity index (χ1n) is 10.9. The molecule has 0 saturated carbocycles. The van der Waals surface area contributed by atoms with Gasteiger partial charge in [-0.05, 0) is 35.7 Å². The van der Waals surface area contributed by atoms with Crippen LogP contribution in [0.3, 0.4) is 0 Å². The molecule has 5 heteroatoms. The molecule has 0 atom stereocenters. The fourth-order valence-corrected chi connectivity index (χ4v) is 3.95. The molecule has 0 aliphatic heterocycles. The molecule has 33 heavy (non-hydrogen) atoms. The third-order valence-corrected chi connectivity index (χ3v) is 5.83. The first-order valence-corrected chi connectivity index (χ1v) is 10.9. The molecular formula is C28H24N4O. The van der Waals surface area contributed by atoms with Gasteiger partial charge >= 0.3 is 0 Å². The molecule has 0 bridgehead atoms. The molecule has 5 nitrogen and oxygen atoms in total. The first kappa shape index (κ1) is 20.6. The van der Waals surface area contributed by atoms with E-state index in [2.05, 4.69) is 51.4 Å². The molecule has 0 unspecified atom stereocenters. The quantitative estimate of drug-likeness (QED) is 0.370. The van der Waals surface area contributed by atoms with E-state index in [1.54, 1.807) is 12.5 Å². The number of hydrogen-bond acceptors (Lipinski definition) is 3. The maximum Gasteiger partial charge on any atom is 0.256 e. The molecular weight excluding hydrogens is 408 g/mol. The van der Waals surface area contributed by atoms with E-state index in [9.17, 15) is 4.79 Å². The molecule has 2 aromatic heterocycles. The van der Waals surface area contributed by atoms with Crippen molar-refractivity contribution in [3.8, 4) is 11.1 Å². The van der Waals surface area contributed by atoms with Crippen LogP contribution in [0.15, 0.2) is 97.5 Å². The predicted molar refractivity (Wildman–Crippen MR) is 131 cm³/mol. The number of aromatic amines is 1. The van der Waals surface area contributed by atoms with Gasteiger partial charge in [-0.15, -0.1) is 0 Å². The van der Waals surface area contributed by atoms with Crippen molar-refractivity contribution in [2.75, 3.05) is 0 Å². The molecule has 162 valence electrons. The van der Waals surface area contributed by atoms with Crippen molar-refractivity contribution in [1.82, 2.24) is 19.9 Å². The summed E-state index contributed by atoms with van der Waals surface area (Å²) < 4.78 is 0. The fraction of sp³-hybridized carbons (Fsp3) is 0.107. The van der Waals surface area contributed by atoms with Gasteiger partial charge in [0.2, 0.25) is 0 Å². The number of imidazole rings is 1. The molecule has 0 aliphatic carbocycles. The van der Waals surface area contributed by atoms with E-state index >= 15 is 0 Å². The van der Waals surface area contributed by atoms with E-state index < -0.39 is 0 Å². The number of carbonyl (C=O) groups is 1. The molecule has 1 N–H and O–H groups in total. The molecule has 3 aromatic carbocycles. The van der Waals surface area contributed by atoms with Gasteiger partial charge in [0.25, 0.3) is 5.91 Å². The summed E-state index contributed by atoms with van der Waals surface area (Å²) in [5, 5.41) is 0.950. The van der Waals surface area contributed by atoms with Gasteiger partial charge in [-0.25, -0.2) is 4.98 Å². The third-order valence-electron chi connectivity index (χ3n) is 5.83. The van der Waals surface area contributed by atoms with Crippen LogP contribution >= 0.6 is 0 Å². The van der Waals surface area contributed by atoms with Crippen LogP contribution in [0.1, 0.15) is 27.3 Å². The molecule has 5 aromatic rings. The Morgan fingerprint density at radius 2 is 1.58 bits per heavy atom. The Balaban J connectivity index is 1.43. The van der Waals surface area contributed by atoms with E-state index in [-0.39, 0.29) is 5.91 Å². The summed E-state index contributed by atoms with van der Waals surface area (Å²) in [6.45, 7) is 2.87. The SMILES string of the molecule is Cc1[nH]cnc1CN(Cc1ccc(-c2ccccc2)cc1)C(=O)c1cnc2ccccc2c1. The third kappa shape index (κ3) is 4.53. The molecule has 0 radical (unpaired) electrons. The van der Waals surface area contributed by atoms with Gasteiger partial charge in [0.1, 0.15) is 0 Å². The number of benzene rings is 3. The Hall–Kier alpha value is -4.25. The van der Waals surface area contributed by atoms with Gasteiger partial charge in [0, 0.05) is 23.8 Å². The second kappa shape index (κ2) is 9.09. The normalized spacial score (nSPS) is 10.9. The van der Waals surface area contributed by atoms with Crippen molar-refractivity contribution in [2.45, 2.75) is 20.0 Å². The molecule has 0 spiro atoms. The minimum absolute atomic E-state index is 0.0669. The van der Waals surface area contributed by atoms with Crippen LogP contribution in [0.2, 0.25) is 0 Å². The Morgan fingerprint density at radius 3 is 2.33 bits per heavy atom. The Kier molecular flexibility index (Phi) is 5.68. The van der Waals surface area contributed by atoms with Crippen molar-refractivity contribution in [2.24, 2.45) is 0 Å². The first-order chi connectivity index (χ1) is 16.2. The van der Waals surface area contributed by atoms with Crippen molar-refractivity contribution in [3.05, 3.63) is 120 Å². The smallest absolute Gasteiger partial charge is 0.256 e. The van der Waals surface area contributed by atoms with E-state index in [0.717, 1.165) is 33.4 Å². The summed E-state index contributed by atoms with van der Waals surface area (Å²) in [6.07, 6.45) is 3.33. The highest BCUT2D eigenvalue weighted by Gasteiger charge is 2.19. The number of amides is 1. The number of fused-ring (bicyclic) bond motifs is 1. The lowest BCUT2D eigenvalue weighted by atomic mass is 10.0. The van der Waals surface area contributed by atoms with Crippen LogP contribution in [-0.2, 0) is 13.1 Å². The van der Waals surface area contributed by atoms with Crippen molar-refractivity contribution < 1.29 is 4.79 Å². The van der Waals surface area contributed by atoms with Crippen molar-refractivity contribution in [1.29, 1.82) is 0 Å². The highest BCUT2D eigenvalue weighted by atomic mass is 16.2. The number of para-hydroxylation sites is 1. The number of nitrogens with zero attached hydrogens (tertiary/aromatic N) is 3. The number of carbonyl (C=O) groups excluding carboxylic acids is 1. The second-order valence-electron chi connectivity index (χ2n) is 8.12. The van der Waals surface area contributed by atoms with Crippen LogP contribution in [0.4, 0.5) is 0 Å². The molecule has 0 aliphatic rings. The average Bonchev–Trinajstić information content (AvgIpc) is 3.28. The summed E-state index contributed by atoms with van der Waals surface area (Å²) in [5.74, 6) is -0.0669. The predicted octanol–water partition coefficient (Wildman–Crippen LogP) is 5.78. The summed E-state index contributed by atoms with van der Waals surface area (Å²) >= 11 is 0. The molecule has 1 amide bonds. The Labute approximate surface area is 192 Å². The van der Waals surface area contributed by atoms with Crippen molar-refractivity contribution >= 4 is 16.8 Å². The van der Waals surface area contributed by atoms with Crippen LogP contribution < -0.4 is 0 Å². The van der Waals surface area contributed by atoms with E-state index in [1.807, 2.05) is 60.4 Å².